The minimum atomic E-state index is 0.157. The Morgan fingerprint density at radius 1 is 0.422 bits per heavy atom. The molecule has 10 rings (SSSR count). The van der Waals surface area contributed by atoms with E-state index in [0.717, 1.165) is 0 Å². The van der Waals surface area contributed by atoms with Gasteiger partial charge in [-0.15, -0.1) is 22.7 Å². The summed E-state index contributed by atoms with van der Waals surface area (Å²) in [6, 6.07) is 55.4. The summed E-state index contributed by atoms with van der Waals surface area (Å²) in [4.78, 5) is 5.05. The van der Waals surface area contributed by atoms with Gasteiger partial charge in [-0.3, -0.25) is 0 Å². The highest BCUT2D eigenvalue weighted by molar-refractivity contribution is 7.40. The number of benzene rings is 6. The SMILES string of the molecule is c1ccc(-c2cccc(N3c4cccc5c4B(c4sc6ccccc6c4N5c4ccccc4)c4sc5ccccc5c43)c2)cc1. The molecule has 0 spiro atoms. The molecule has 0 fully saturated rings. The molecule has 0 radical (unpaired) electrons. The van der Waals surface area contributed by atoms with E-state index in [1.165, 1.54) is 80.4 Å². The van der Waals surface area contributed by atoms with Crippen LogP contribution in [0.25, 0.3) is 31.3 Å². The van der Waals surface area contributed by atoms with E-state index in [0.29, 0.717) is 0 Å². The molecule has 0 amide bonds. The molecular weight excluding hydrogens is 583 g/mol. The first kappa shape index (κ1) is 25.3. The molecule has 210 valence electrons. The summed E-state index contributed by atoms with van der Waals surface area (Å²) in [5.41, 5.74) is 11.3. The van der Waals surface area contributed by atoms with E-state index in [9.17, 15) is 0 Å². The van der Waals surface area contributed by atoms with Crippen molar-refractivity contribution < 1.29 is 0 Å². The molecule has 0 saturated carbocycles. The Morgan fingerprint density at radius 3 is 1.56 bits per heavy atom. The smallest absolute Gasteiger partial charge is 0.277 e. The number of hydrogen-bond donors (Lipinski definition) is 0. The maximum atomic E-state index is 2.54. The predicted molar refractivity (Wildman–Crippen MR) is 197 cm³/mol. The average molecular weight is 609 g/mol. The fourth-order valence-corrected chi connectivity index (χ4v) is 10.1. The third kappa shape index (κ3) is 3.62. The second kappa shape index (κ2) is 9.70. The fourth-order valence-electron chi connectivity index (χ4n) is 7.37. The first-order valence-electron chi connectivity index (χ1n) is 15.3. The molecule has 0 unspecified atom stereocenters. The maximum Gasteiger partial charge on any atom is 0.277 e. The first-order chi connectivity index (χ1) is 22.3. The van der Waals surface area contributed by atoms with Gasteiger partial charge >= 0.3 is 0 Å². The standard InChI is InChI=1S/C40H25BN2S2/c1-3-13-26(14-4-1)27-15-11-18-29(25-27)43-33-22-12-21-32-36(33)41(40-38(43)31-20-8-10-24-35(31)45-40)39-37(30-19-7-9-23-34(30)44-39)42(32)28-16-5-2-6-17-28/h1-25H. The van der Waals surface area contributed by atoms with Crippen molar-refractivity contribution in [1.82, 2.24) is 0 Å². The van der Waals surface area contributed by atoms with Crippen molar-refractivity contribution in [3.05, 3.63) is 152 Å². The second-order valence-corrected chi connectivity index (χ2v) is 13.9. The van der Waals surface area contributed by atoms with Gasteiger partial charge < -0.3 is 9.80 Å². The largest absolute Gasteiger partial charge is 0.310 e. The Bertz CT molecular complexity index is 2410. The molecule has 0 aliphatic carbocycles. The van der Waals surface area contributed by atoms with Crippen LogP contribution in [0.15, 0.2) is 152 Å². The summed E-state index contributed by atoms with van der Waals surface area (Å²) in [6.07, 6.45) is 0. The zero-order chi connectivity index (χ0) is 29.5. The molecule has 45 heavy (non-hydrogen) atoms. The second-order valence-electron chi connectivity index (χ2n) is 11.7. The van der Waals surface area contributed by atoms with Gasteiger partial charge in [-0.25, -0.2) is 0 Å². The van der Waals surface area contributed by atoms with Crippen molar-refractivity contribution in [2.24, 2.45) is 0 Å². The monoisotopic (exact) mass is 608 g/mol. The predicted octanol–water partition coefficient (Wildman–Crippen LogP) is 9.87. The van der Waals surface area contributed by atoms with Gasteiger partial charge in [0, 0.05) is 52.5 Å². The van der Waals surface area contributed by atoms with Crippen molar-refractivity contribution in [3.8, 4) is 11.1 Å². The van der Waals surface area contributed by atoms with Gasteiger partial charge in [-0.05, 0) is 65.1 Å². The molecule has 0 atom stereocenters. The maximum absolute atomic E-state index is 2.54. The lowest BCUT2D eigenvalue weighted by atomic mass is 9.39. The van der Waals surface area contributed by atoms with Gasteiger partial charge in [0.2, 0.25) is 0 Å². The highest BCUT2D eigenvalue weighted by atomic mass is 32.1. The molecule has 0 saturated heterocycles. The molecule has 2 aliphatic rings. The lowest BCUT2D eigenvalue weighted by Gasteiger charge is -2.42. The van der Waals surface area contributed by atoms with Crippen molar-refractivity contribution >= 4 is 98.7 Å². The third-order valence-corrected chi connectivity index (χ3v) is 11.7. The lowest BCUT2D eigenvalue weighted by molar-refractivity contribution is 1.28. The zero-order valence-electron chi connectivity index (χ0n) is 24.2. The number of thiophene rings is 2. The van der Waals surface area contributed by atoms with Crippen LogP contribution in [-0.4, -0.2) is 6.71 Å². The van der Waals surface area contributed by atoms with E-state index >= 15 is 0 Å². The molecule has 8 aromatic rings. The fraction of sp³-hybridized carbons (Fsp3) is 0. The number of anilines is 6. The van der Waals surface area contributed by atoms with Crippen molar-refractivity contribution in [3.63, 3.8) is 0 Å². The van der Waals surface area contributed by atoms with E-state index in [2.05, 4.69) is 161 Å². The Labute approximate surface area is 270 Å². The molecule has 6 aromatic carbocycles. The Kier molecular flexibility index (Phi) is 5.44. The van der Waals surface area contributed by atoms with Crippen LogP contribution in [0.5, 0.6) is 0 Å². The molecule has 0 bridgehead atoms. The minimum absolute atomic E-state index is 0.157. The van der Waals surface area contributed by atoms with Crippen molar-refractivity contribution in [2.45, 2.75) is 0 Å². The van der Waals surface area contributed by atoms with Crippen LogP contribution in [0.2, 0.25) is 0 Å². The van der Waals surface area contributed by atoms with E-state index in [1.54, 1.807) is 0 Å². The number of rotatable bonds is 3. The van der Waals surface area contributed by atoms with Crippen LogP contribution in [-0.2, 0) is 0 Å². The number of hydrogen-bond acceptors (Lipinski definition) is 4. The Morgan fingerprint density at radius 2 is 0.911 bits per heavy atom. The summed E-state index contributed by atoms with van der Waals surface area (Å²) in [5, 5.41) is 2.63. The van der Waals surface area contributed by atoms with E-state index in [4.69, 9.17) is 0 Å². The minimum Gasteiger partial charge on any atom is -0.310 e. The highest BCUT2D eigenvalue weighted by Crippen LogP contribution is 2.50. The van der Waals surface area contributed by atoms with Crippen LogP contribution in [0, 0.1) is 0 Å². The molecule has 2 aromatic heterocycles. The van der Waals surface area contributed by atoms with Gasteiger partial charge in [0.1, 0.15) is 0 Å². The van der Waals surface area contributed by atoms with Gasteiger partial charge in [0.25, 0.3) is 6.71 Å². The highest BCUT2D eigenvalue weighted by Gasteiger charge is 2.46. The van der Waals surface area contributed by atoms with Gasteiger partial charge in [0.15, 0.2) is 0 Å². The molecule has 4 heterocycles. The van der Waals surface area contributed by atoms with Gasteiger partial charge in [-0.1, -0.05) is 103 Å². The quantitative estimate of drug-likeness (QED) is 0.184. The number of fused-ring (bicyclic) bond motifs is 8. The van der Waals surface area contributed by atoms with Crippen LogP contribution in [0.4, 0.5) is 34.1 Å². The third-order valence-electron chi connectivity index (χ3n) is 9.22. The summed E-state index contributed by atoms with van der Waals surface area (Å²) in [6.45, 7) is 0.157. The normalized spacial score (nSPS) is 13.2. The van der Waals surface area contributed by atoms with E-state index < -0.39 is 0 Å². The molecular formula is C40H25BN2S2. The summed E-state index contributed by atoms with van der Waals surface area (Å²) in [7, 11) is 0. The van der Waals surface area contributed by atoms with Crippen LogP contribution in [0.3, 0.4) is 0 Å². The van der Waals surface area contributed by atoms with E-state index in [1.807, 2.05) is 22.7 Å². The lowest BCUT2D eigenvalue weighted by Crippen LogP contribution is -2.59. The number of nitrogens with zero attached hydrogens (tertiary/aromatic N) is 2. The number of para-hydroxylation sites is 1. The molecule has 2 aliphatic heterocycles. The summed E-state index contributed by atoms with van der Waals surface area (Å²) >= 11 is 3.91. The topological polar surface area (TPSA) is 6.48 Å². The molecule has 2 nitrogen and oxygen atoms in total. The Balaban J connectivity index is 1.31. The van der Waals surface area contributed by atoms with Gasteiger partial charge in [-0.2, -0.15) is 0 Å². The first-order valence-corrected chi connectivity index (χ1v) is 16.9. The van der Waals surface area contributed by atoms with Crippen molar-refractivity contribution in [1.29, 1.82) is 0 Å². The molecule has 0 N–H and O–H groups in total. The molecule has 5 heteroatoms. The van der Waals surface area contributed by atoms with Crippen LogP contribution in [0.1, 0.15) is 0 Å². The van der Waals surface area contributed by atoms with Gasteiger partial charge in [0.05, 0.1) is 11.4 Å². The average Bonchev–Trinajstić information content (AvgIpc) is 3.68. The zero-order valence-corrected chi connectivity index (χ0v) is 25.9. The van der Waals surface area contributed by atoms with Crippen LogP contribution < -0.4 is 24.8 Å². The van der Waals surface area contributed by atoms with Crippen molar-refractivity contribution in [2.75, 3.05) is 9.80 Å². The summed E-state index contributed by atoms with van der Waals surface area (Å²) < 4.78 is 5.50. The Hall–Kier alpha value is -5.10. The van der Waals surface area contributed by atoms with Crippen LogP contribution >= 0.6 is 22.7 Å². The summed E-state index contributed by atoms with van der Waals surface area (Å²) in [5.74, 6) is 0. The van der Waals surface area contributed by atoms with E-state index in [-0.39, 0.29) is 6.71 Å².